The zero-order chi connectivity index (χ0) is 25.3. The molecule has 0 bridgehead atoms. The number of halogens is 5. The maximum absolute atomic E-state index is 13.3. The highest BCUT2D eigenvalue weighted by atomic mass is 35.5. The molecule has 1 aliphatic rings. The monoisotopic (exact) mass is 537 g/mol. The van der Waals surface area contributed by atoms with Crippen LogP contribution in [0.1, 0.15) is 18.1 Å². The highest BCUT2D eigenvalue weighted by molar-refractivity contribution is 7.89. The maximum Gasteiger partial charge on any atom is 0.416 e. The molecular weight excluding hydrogens is 518 g/mol. The number of hydrogen-bond acceptors (Lipinski definition) is 4. The zero-order valence-corrected chi connectivity index (χ0v) is 20.1. The normalized spacial score (nSPS) is 17.5. The molecular formula is C21H20Cl2F3N3O4S. The minimum absolute atomic E-state index is 0.0749. The van der Waals surface area contributed by atoms with Gasteiger partial charge in [-0.15, -0.1) is 0 Å². The van der Waals surface area contributed by atoms with Gasteiger partial charge in [-0.2, -0.15) is 17.5 Å². The van der Waals surface area contributed by atoms with E-state index >= 15 is 0 Å². The van der Waals surface area contributed by atoms with Gasteiger partial charge in [-0.25, -0.2) is 8.42 Å². The van der Waals surface area contributed by atoms with Gasteiger partial charge in [-0.05, 0) is 35.9 Å². The Kier molecular flexibility index (Phi) is 7.81. The average Bonchev–Trinajstić information content (AvgIpc) is 2.76. The van der Waals surface area contributed by atoms with Gasteiger partial charge in [-0.3, -0.25) is 9.59 Å². The molecule has 1 unspecified atom stereocenters. The lowest BCUT2D eigenvalue weighted by Crippen LogP contribution is -2.61. The molecule has 0 saturated carbocycles. The summed E-state index contributed by atoms with van der Waals surface area (Å²) in [4.78, 5) is 26.0. The van der Waals surface area contributed by atoms with Crippen LogP contribution in [-0.2, 0) is 32.3 Å². The SMILES string of the molecule is CC(=O)N1CCN(S(=O)(=O)c2cc(Cl)cc(Cl)c2)C(C(=O)NCc2ccc(C(F)(F)F)cc2)C1. The molecule has 0 aromatic heterocycles. The predicted octanol–water partition coefficient (Wildman–Crippen LogP) is 3.55. The van der Waals surface area contributed by atoms with Crippen LogP contribution >= 0.6 is 23.2 Å². The van der Waals surface area contributed by atoms with Crippen LogP contribution in [0, 0.1) is 0 Å². The lowest BCUT2D eigenvalue weighted by molar-refractivity contribution is -0.138. The van der Waals surface area contributed by atoms with E-state index in [1.807, 2.05) is 0 Å². The van der Waals surface area contributed by atoms with Gasteiger partial charge in [0.15, 0.2) is 0 Å². The van der Waals surface area contributed by atoms with E-state index in [-0.39, 0.29) is 47.0 Å². The molecule has 0 spiro atoms. The molecule has 1 fully saturated rings. The smallest absolute Gasteiger partial charge is 0.351 e. The maximum atomic E-state index is 13.3. The van der Waals surface area contributed by atoms with Crippen LogP contribution in [0.25, 0.3) is 0 Å². The Hall–Kier alpha value is -2.34. The highest BCUT2D eigenvalue weighted by Gasteiger charge is 2.41. The Labute approximate surface area is 204 Å². The van der Waals surface area contributed by atoms with E-state index in [0.717, 1.165) is 16.4 Å². The number of carbonyl (C=O) groups is 2. The standard InChI is InChI=1S/C21H20Cl2F3N3O4S/c1-13(30)28-6-7-29(34(32,33)18-9-16(22)8-17(23)10-18)19(12-28)20(31)27-11-14-2-4-15(5-3-14)21(24,25)26/h2-5,8-10,19H,6-7,11-12H2,1H3,(H,27,31). The molecule has 1 saturated heterocycles. The molecule has 2 aromatic carbocycles. The summed E-state index contributed by atoms with van der Waals surface area (Å²) in [5, 5.41) is 2.73. The molecule has 1 N–H and O–H groups in total. The van der Waals surface area contributed by atoms with E-state index in [1.54, 1.807) is 0 Å². The van der Waals surface area contributed by atoms with Crippen LogP contribution in [0.5, 0.6) is 0 Å². The fourth-order valence-corrected chi connectivity index (χ4v) is 5.78. The first-order chi connectivity index (χ1) is 15.8. The number of hydrogen-bond donors (Lipinski definition) is 1. The van der Waals surface area contributed by atoms with Crippen molar-refractivity contribution in [3.63, 3.8) is 0 Å². The number of nitrogens with one attached hydrogen (secondary N) is 1. The van der Waals surface area contributed by atoms with Crippen molar-refractivity contribution in [1.82, 2.24) is 14.5 Å². The number of carbonyl (C=O) groups excluding carboxylic acids is 2. The summed E-state index contributed by atoms with van der Waals surface area (Å²) in [6, 6.07) is 6.72. The van der Waals surface area contributed by atoms with Gasteiger partial charge >= 0.3 is 6.18 Å². The van der Waals surface area contributed by atoms with Crippen LogP contribution < -0.4 is 5.32 Å². The Bertz CT molecular complexity index is 1170. The van der Waals surface area contributed by atoms with Crippen LogP contribution in [0.4, 0.5) is 13.2 Å². The number of alkyl halides is 3. The Morgan fingerprint density at radius 2 is 1.65 bits per heavy atom. The minimum Gasteiger partial charge on any atom is -0.351 e. The molecule has 7 nitrogen and oxygen atoms in total. The highest BCUT2D eigenvalue weighted by Crippen LogP contribution is 2.29. The second-order valence-electron chi connectivity index (χ2n) is 7.61. The molecule has 0 aliphatic carbocycles. The van der Waals surface area contributed by atoms with E-state index in [2.05, 4.69) is 5.32 Å². The molecule has 2 amide bonds. The zero-order valence-electron chi connectivity index (χ0n) is 17.8. The molecule has 1 heterocycles. The van der Waals surface area contributed by atoms with Gasteiger partial charge in [0.25, 0.3) is 0 Å². The van der Waals surface area contributed by atoms with E-state index in [9.17, 15) is 31.2 Å². The molecule has 1 aliphatic heterocycles. The van der Waals surface area contributed by atoms with Crippen molar-refractivity contribution in [2.24, 2.45) is 0 Å². The van der Waals surface area contributed by atoms with E-state index in [0.29, 0.717) is 5.56 Å². The predicted molar refractivity (Wildman–Crippen MR) is 120 cm³/mol. The Morgan fingerprint density at radius 1 is 1.06 bits per heavy atom. The lowest BCUT2D eigenvalue weighted by atomic mass is 10.1. The van der Waals surface area contributed by atoms with Crippen molar-refractivity contribution in [1.29, 1.82) is 0 Å². The van der Waals surface area contributed by atoms with Crippen molar-refractivity contribution >= 4 is 45.0 Å². The van der Waals surface area contributed by atoms with Gasteiger partial charge < -0.3 is 10.2 Å². The second-order valence-corrected chi connectivity index (χ2v) is 10.4. The van der Waals surface area contributed by atoms with E-state index in [1.165, 1.54) is 42.2 Å². The lowest BCUT2D eigenvalue weighted by Gasteiger charge is -2.39. The molecule has 34 heavy (non-hydrogen) atoms. The number of nitrogens with zero attached hydrogens (tertiary/aromatic N) is 2. The summed E-state index contributed by atoms with van der Waals surface area (Å²) in [7, 11) is -4.21. The Balaban J connectivity index is 1.83. The van der Waals surface area contributed by atoms with Crippen LogP contribution in [0.2, 0.25) is 10.0 Å². The van der Waals surface area contributed by atoms with Crippen LogP contribution in [-0.4, -0.2) is 55.1 Å². The van der Waals surface area contributed by atoms with Gasteiger partial charge in [0.1, 0.15) is 6.04 Å². The van der Waals surface area contributed by atoms with Crippen molar-refractivity contribution in [3.05, 3.63) is 63.6 Å². The first-order valence-electron chi connectivity index (χ1n) is 9.96. The number of sulfonamides is 1. The molecule has 1 atom stereocenters. The number of rotatable bonds is 5. The third-order valence-corrected chi connectivity index (χ3v) is 7.59. The second kappa shape index (κ2) is 10.1. The van der Waals surface area contributed by atoms with Gasteiger partial charge in [-0.1, -0.05) is 35.3 Å². The molecule has 3 rings (SSSR count). The average molecular weight is 538 g/mol. The fraction of sp³-hybridized carbons (Fsp3) is 0.333. The summed E-state index contributed by atoms with van der Waals surface area (Å²) in [6.45, 7) is 0.903. The Morgan fingerprint density at radius 3 is 2.18 bits per heavy atom. The number of amides is 2. The summed E-state index contributed by atoms with van der Waals surface area (Å²) in [5.41, 5.74) is -0.443. The van der Waals surface area contributed by atoms with Crippen LogP contribution in [0.3, 0.4) is 0 Å². The molecule has 184 valence electrons. The van der Waals surface area contributed by atoms with Gasteiger partial charge in [0.2, 0.25) is 21.8 Å². The number of benzene rings is 2. The summed E-state index contributed by atoms with van der Waals surface area (Å²) >= 11 is 11.9. The van der Waals surface area contributed by atoms with Crippen molar-refractivity contribution in [2.75, 3.05) is 19.6 Å². The van der Waals surface area contributed by atoms with Crippen molar-refractivity contribution < 1.29 is 31.2 Å². The molecule has 0 radical (unpaired) electrons. The van der Waals surface area contributed by atoms with Crippen molar-refractivity contribution in [3.8, 4) is 0 Å². The summed E-state index contributed by atoms with van der Waals surface area (Å²) in [6.07, 6.45) is -4.49. The third-order valence-electron chi connectivity index (χ3n) is 5.27. The quantitative estimate of drug-likeness (QED) is 0.631. The van der Waals surface area contributed by atoms with Crippen LogP contribution in [0.15, 0.2) is 47.4 Å². The first kappa shape index (κ1) is 26.3. The summed E-state index contributed by atoms with van der Waals surface area (Å²) < 4.78 is 65.8. The fourth-order valence-electron chi connectivity index (χ4n) is 3.49. The van der Waals surface area contributed by atoms with E-state index in [4.69, 9.17) is 23.2 Å². The number of piperazine rings is 1. The van der Waals surface area contributed by atoms with Crippen molar-refractivity contribution in [2.45, 2.75) is 30.6 Å². The molecule has 13 heteroatoms. The van der Waals surface area contributed by atoms with E-state index < -0.39 is 33.7 Å². The van der Waals surface area contributed by atoms with Gasteiger partial charge in [0, 0.05) is 43.1 Å². The summed E-state index contributed by atoms with van der Waals surface area (Å²) in [5.74, 6) is -1.04. The largest absolute Gasteiger partial charge is 0.416 e. The minimum atomic E-state index is -4.49. The third kappa shape index (κ3) is 6.01. The van der Waals surface area contributed by atoms with Gasteiger partial charge in [0.05, 0.1) is 10.5 Å². The first-order valence-corrected chi connectivity index (χ1v) is 12.2. The topological polar surface area (TPSA) is 86.8 Å². The molecule has 2 aromatic rings.